The molecule has 2 rings (SSSR count). The van der Waals surface area contributed by atoms with E-state index in [0.29, 0.717) is 11.6 Å². The van der Waals surface area contributed by atoms with Crippen LogP contribution in [-0.2, 0) is 6.54 Å². The molecule has 0 bridgehead atoms. The number of oxazole rings is 1. The predicted molar refractivity (Wildman–Crippen MR) is 80.9 cm³/mol. The molecule has 0 radical (unpaired) electrons. The Morgan fingerprint density at radius 1 is 1.43 bits per heavy atom. The molecule has 0 spiro atoms. The number of rotatable bonds is 4. The second-order valence-corrected chi connectivity index (χ2v) is 4.97. The molecule has 1 heterocycles. The van der Waals surface area contributed by atoms with Crippen molar-refractivity contribution in [1.82, 2.24) is 10.3 Å². The van der Waals surface area contributed by atoms with Crippen molar-refractivity contribution < 1.29 is 9.21 Å². The lowest BCUT2D eigenvalue weighted by atomic mass is 10.1. The molecule has 6 nitrogen and oxygen atoms in total. The van der Waals surface area contributed by atoms with E-state index in [-0.39, 0.29) is 18.6 Å². The van der Waals surface area contributed by atoms with Crippen LogP contribution >= 0.6 is 0 Å². The number of nitrogens with zero attached hydrogens (tertiary/aromatic N) is 1. The minimum absolute atomic E-state index is 0.0759. The molecular weight excluding hydrogens is 268 g/mol. The highest BCUT2D eigenvalue weighted by Crippen LogP contribution is 2.15. The Morgan fingerprint density at radius 2 is 2.19 bits per heavy atom. The molecule has 2 aromatic rings. The number of aromatic nitrogens is 1. The number of hydrogen-bond donors (Lipinski definition) is 3. The van der Waals surface area contributed by atoms with Crippen LogP contribution in [0, 0.1) is 13.8 Å². The highest BCUT2D eigenvalue weighted by molar-refractivity contribution is 5.89. The summed E-state index contributed by atoms with van der Waals surface area (Å²) in [6, 6.07) is 7.05. The van der Waals surface area contributed by atoms with E-state index in [9.17, 15) is 4.79 Å². The van der Waals surface area contributed by atoms with Gasteiger partial charge in [-0.3, -0.25) is 0 Å². The first kappa shape index (κ1) is 15.1. The second kappa shape index (κ2) is 6.41. The molecule has 0 saturated carbocycles. The molecule has 0 saturated heterocycles. The maximum absolute atomic E-state index is 11.8. The quantitative estimate of drug-likeness (QED) is 0.806. The summed E-state index contributed by atoms with van der Waals surface area (Å²) in [5.41, 5.74) is 8.31. The third-order valence-electron chi connectivity index (χ3n) is 3.14. The zero-order valence-corrected chi connectivity index (χ0v) is 12.4. The van der Waals surface area contributed by atoms with Crippen molar-refractivity contribution in [3.63, 3.8) is 0 Å². The van der Waals surface area contributed by atoms with Crippen molar-refractivity contribution in [2.75, 3.05) is 5.32 Å². The van der Waals surface area contributed by atoms with Crippen molar-refractivity contribution >= 4 is 11.7 Å². The molecule has 1 aromatic carbocycles. The molecule has 2 amide bonds. The van der Waals surface area contributed by atoms with E-state index in [0.717, 1.165) is 17.0 Å². The van der Waals surface area contributed by atoms with E-state index >= 15 is 0 Å². The van der Waals surface area contributed by atoms with E-state index in [1.807, 2.05) is 45.0 Å². The van der Waals surface area contributed by atoms with E-state index in [4.69, 9.17) is 10.2 Å². The summed E-state index contributed by atoms with van der Waals surface area (Å²) in [7, 11) is 0. The maximum Gasteiger partial charge on any atom is 0.319 e. The number of carbonyl (C=O) groups is 1. The Bertz CT molecular complexity index is 615. The normalized spacial score (nSPS) is 12.0. The van der Waals surface area contributed by atoms with Crippen LogP contribution in [0.15, 0.2) is 28.7 Å². The van der Waals surface area contributed by atoms with Crippen molar-refractivity contribution in [2.24, 2.45) is 5.73 Å². The monoisotopic (exact) mass is 288 g/mol. The van der Waals surface area contributed by atoms with Gasteiger partial charge in [0.2, 0.25) is 5.89 Å². The number of anilines is 1. The van der Waals surface area contributed by atoms with Crippen LogP contribution in [0.5, 0.6) is 0 Å². The lowest BCUT2D eigenvalue weighted by molar-refractivity contribution is 0.250. The second-order valence-electron chi connectivity index (χ2n) is 4.97. The fraction of sp³-hybridized carbons (Fsp3) is 0.333. The molecule has 1 unspecified atom stereocenters. The summed E-state index contributed by atoms with van der Waals surface area (Å²) in [4.78, 5) is 16.0. The summed E-state index contributed by atoms with van der Waals surface area (Å²) in [5, 5.41) is 5.45. The van der Waals surface area contributed by atoms with Gasteiger partial charge in [-0.1, -0.05) is 12.1 Å². The minimum Gasteiger partial charge on any atom is -0.444 e. The first-order valence-electron chi connectivity index (χ1n) is 6.79. The molecule has 0 aliphatic carbocycles. The Balaban J connectivity index is 1.91. The van der Waals surface area contributed by atoms with Gasteiger partial charge in [0, 0.05) is 11.7 Å². The molecular formula is C15H20N4O2. The summed E-state index contributed by atoms with van der Waals surface area (Å²) >= 11 is 0. The predicted octanol–water partition coefficient (Wildman–Crippen LogP) is 2.63. The fourth-order valence-electron chi connectivity index (χ4n) is 1.85. The Hall–Kier alpha value is -2.34. The Labute approximate surface area is 123 Å². The van der Waals surface area contributed by atoms with Gasteiger partial charge in [0.15, 0.2) is 0 Å². The summed E-state index contributed by atoms with van der Waals surface area (Å²) in [6.07, 6.45) is 0. The molecule has 6 heteroatoms. The average molecular weight is 288 g/mol. The number of hydrogen-bond acceptors (Lipinski definition) is 4. The molecule has 0 aliphatic heterocycles. The zero-order valence-electron chi connectivity index (χ0n) is 12.4. The van der Waals surface area contributed by atoms with Gasteiger partial charge in [-0.25, -0.2) is 9.78 Å². The smallest absolute Gasteiger partial charge is 0.319 e. The van der Waals surface area contributed by atoms with E-state index in [1.165, 1.54) is 0 Å². The van der Waals surface area contributed by atoms with Gasteiger partial charge in [0.05, 0.1) is 12.2 Å². The topological polar surface area (TPSA) is 93.2 Å². The standard InChI is InChI=1S/C15H20N4O2/c1-9(16)12-5-4-6-13(7-12)19-15(20)17-8-14-18-10(2)11(3)21-14/h4-7,9H,8,16H2,1-3H3,(H2,17,19,20). The zero-order chi connectivity index (χ0) is 15.4. The molecule has 4 N–H and O–H groups in total. The van der Waals surface area contributed by atoms with Crippen LogP contribution < -0.4 is 16.4 Å². The number of urea groups is 1. The first-order valence-corrected chi connectivity index (χ1v) is 6.79. The molecule has 1 atom stereocenters. The van der Waals surface area contributed by atoms with E-state index < -0.39 is 0 Å². The first-order chi connectivity index (χ1) is 9.95. The Kier molecular flexibility index (Phi) is 4.59. The molecule has 0 fully saturated rings. The van der Waals surface area contributed by atoms with Crippen LogP contribution in [-0.4, -0.2) is 11.0 Å². The lowest BCUT2D eigenvalue weighted by Gasteiger charge is -2.10. The maximum atomic E-state index is 11.8. The third-order valence-corrected chi connectivity index (χ3v) is 3.14. The number of nitrogens with two attached hydrogens (primary N) is 1. The molecule has 112 valence electrons. The van der Waals surface area contributed by atoms with Gasteiger partial charge < -0.3 is 20.8 Å². The largest absolute Gasteiger partial charge is 0.444 e. The van der Waals surface area contributed by atoms with Crippen molar-refractivity contribution in [2.45, 2.75) is 33.4 Å². The van der Waals surface area contributed by atoms with Gasteiger partial charge in [-0.2, -0.15) is 0 Å². The van der Waals surface area contributed by atoms with Gasteiger partial charge in [0.1, 0.15) is 5.76 Å². The van der Waals surface area contributed by atoms with Crippen LogP contribution in [0.4, 0.5) is 10.5 Å². The number of nitrogens with one attached hydrogen (secondary N) is 2. The summed E-state index contributed by atoms with van der Waals surface area (Å²) in [6.45, 7) is 5.84. The fourth-order valence-corrected chi connectivity index (χ4v) is 1.85. The Morgan fingerprint density at radius 3 is 2.81 bits per heavy atom. The number of amides is 2. The van der Waals surface area contributed by atoms with Crippen LogP contribution in [0.2, 0.25) is 0 Å². The summed E-state index contributed by atoms with van der Waals surface area (Å²) < 4.78 is 5.40. The lowest BCUT2D eigenvalue weighted by Crippen LogP contribution is -2.28. The highest BCUT2D eigenvalue weighted by Gasteiger charge is 2.08. The van der Waals surface area contributed by atoms with Gasteiger partial charge in [-0.05, 0) is 38.5 Å². The number of aryl methyl sites for hydroxylation is 2. The van der Waals surface area contributed by atoms with Crippen LogP contribution in [0.3, 0.4) is 0 Å². The molecule has 1 aromatic heterocycles. The molecule has 0 aliphatic rings. The van der Waals surface area contributed by atoms with Crippen LogP contribution in [0.25, 0.3) is 0 Å². The van der Waals surface area contributed by atoms with Crippen LogP contribution in [0.1, 0.15) is 35.9 Å². The third kappa shape index (κ3) is 4.06. The molecule has 21 heavy (non-hydrogen) atoms. The van der Waals surface area contributed by atoms with Gasteiger partial charge >= 0.3 is 6.03 Å². The van der Waals surface area contributed by atoms with E-state index in [1.54, 1.807) is 0 Å². The number of carbonyl (C=O) groups excluding carboxylic acids is 1. The average Bonchev–Trinajstić information content (AvgIpc) is 2.76. The minimum atomic E-state index is -0.315. The van der Waals surface area contributed by atoms with Crippen molar-refractivity contribution in [3.8, 4) is 0 Å². The highest BCUT2D eigenvalue weighted by atomic mass is 16.4. The SMILES string of the molecule is Cc1nc(CNC(=O)Nc2cccc(C(C)N)c2)oc1C. The van der Waals surface area contributed by atoms with Gasteiger partial charge in [-0.15, -0.1) is 0 Å². The summed E-state index contributed by atoms with van der Waals surface area (Å²) in [5.74, 6) is 1.25. The van der Waals surface area contributed by atoms with Crippen molar-refractivity contribution in [1.29, 1.82) is 0 Å². The van der Waals surface area contributed by atoms with Crippen molar-refractivity contribution in [3.05, 3.63) is 47.2 Å². The van der Waals surface area contributed by atoms with E-state index in [2.05, 4.69) is 15.6 Å². The van der Waals surface area contributed by atoms with Gasteiger partial charge in [0.25, 0.3) is 0 Å². The number of benzene rings is 1.